The van der Waals surface area contributed by atoms with Gasteiger partial charge in [-0.05, 0) is 43.5 Å². The second kappa shape index (κ2) is 11.3. The third-order valence-electron chi connectivity index (χ3n) is 8.29. The highest BCUT2D eigenvalue weighted by Crippen LogP contribution is 2.45. The number of hydrogen-bond donors (Lipinski definition) is 2. The molecule has 5 heterocycles. The van der Waals surface area contributed by atoms with Gasteiger partial charge in [-0.1, -0.05) is 43.6 Å². The Morgan fingerprint density at radius 3 is 2.57 bits per heavy atom. The van der Waals surface area contributed by atoms with Crippen LogP contribution in [0, 0.1) is 18.6 Å². The van der Waals surface area contributed by atoms with Crippen molar-refractivity contribution in [2.75, 3.05) is 29.0 Å². The summed E-state index contributed by atoms with van der Waals surface area (Å²) in [5.41, 5.74) is 4.74. The number of rotatable bonds is 4. The van der Waals surface area contributed by atoms with Crippen LogP contribution in [0.1, 0.15) is 37.9 Å². The van der Waals surface area contributed by atoms with Crippen LogP contribution in [-0.2, 0) is 9.59 Å². The van der Waals surface area contributed by atoms with Gasteiger partial charge in [0.05, 0.1) is 50.3 Å². The zero-order chi connectivity index (χ0) is 33.4. The van der Waals surface area contributed by atoms with Gasteiger partial charge in [0.25, 0.3) is 0 Å². The first-order valence-electron chi connectivity index (χ1n) is 14.3. The number of halogens is 4. The van der Waals surface area contributed by atoms with Gasteiger partial charge in [0.2, 0.25) is 11.8 Å². The molecule has 3 aromatic heterocycles. The summed E-state index contributed by atoms with van der Waals surface area (Å²) in [6, 6.07) is 1.14. The number of nitrogen functional groups attached to an aromatic ring is 1. The molecule has 46 heavy (non-hydrogen) atoms. The number of pyridine rings is 2. The lowest BCUT2D eigenvalue weighted by molar-refractivity contribution is -0.128. The largest absolute Gasteiger partial charge is 0.397 e. The van der Waals surface area contributed by atoms with Crippen LogP contribution >= 0.6 is 23.2 Å². The number of piperazine rings is 1. The van der Waals surface area contributed by atoms with E-state index in [-0.39, 0.29) is 46.6 Å². The van der Waals surface area contributed by atoms with Crippen LogP contribution in [0.3, 0.4) is 0 Å². The van der Waals surface area contributed by atoms with Gasteiger partial charge in [0, 0.05) is 18.8 Å². The van der Waals surface area contributed by atoms with E-state index in [2.05, 4.69) is 26.8 Å². The van der Waals surface area contributed by atoms with Crippen LogP contribution in [0.25, 0.3) is 28.0 Å². The van der Waals surface area contributed by atoms with Crippen molar-refractivity contribution in [1.82, 2.24) is 24.4 Å². The van der Waals surface area contributed by atoms with Crippen LogP contribution < -0.4 is 21.6 Å². The molecule has 1 fully saturated rings. The Morgan fingerprint density at radius 2 is 1.89 bits per heavy atom. The van der Waals surface area contributed by atoms with Crippen molar-refractivity contribution in [1.29, 1.82) is 0 Å². The predicted molar refractivity (Wildman–Crippen MR) is 173 cm³/mol. The van der Waals surface area contributed by atoms with Gasteiger partial charge in [-0.25, -0.2) is 23.1 Å². The van der Waals surface area contributed by atoms with Crippen LogP contribution in [0.4, 0.5) is 26.0 Å². The summed E-state index contributed by atoms with van der Waals surface area (Å²) in [7, 11) is 0. The molecule has 4 aromatic rings. The van der Waals surface area contributed by atoms with E-state index in [1.807, 2.05) is 13.8 Å². The molecule has 2 unspecified atom stereocenters. The summed E-state index contributed by atoms with van der Waals surface area (Å²) in [5.74, 6) is -3.56. The summed E-state index contributed by atoms with van der Waals surface area (Å²) >= 11 is 12.3. The van der Waals surface area contributed by atoms with Gasteiger partial charge in [0.15, 0.2) is 17.3 Å². The number of benzene rings is 1. The normalized spacial score (nSPS) is 17.6. The predicted octanol–water partition coefficient (Wildman–Crippen LogP) is 4.99. The van der Waals surface area contributed by atoms with E-state index in [1.165, 1.54) is 9.47 Å². The maximum Gasteiger partial charge on any atom is 0.355 e. The van der Waals surface area contributed by atoms with E-state index < -0.39 is 63.2 Å². The molecular weight excluding hydrogens is 641 g/mol. The number of nitrogens with two attached hydrogens (primary N) is 1. The van der Waals surface area contributed by atoms with E-state index in [4.69, 9.17) is 28.9 Å². The number of amides is 2. The highest BCUT2D eigenvalue weighted by atomic mass is 35.5. The molecule has 0 bridgehead atoms. The molecular formula is C31H28Cl2F2N8O3. The number of nitrogens with zero attached hydrogens (tertiary/aromatic N) is 6. The highest BCUT2D eigenvalue weighted by molar-refractivity contribution is 6.37. The third-order valence-corrected chi connectivity index (χ3v) is 8.88. The van der Waals surface area contributed by atoms with E-state index >= 15 is 8.78 Å². The Kier molecular flexibility index (Phi) is 7.72. The summed E-state index contributed by atoms with van der Waals surface area (Å²) in [5, 5.41) is 2.00. The molecule has 2 amide bonds. The fourth-order valence-electron chi connectivity index (χ4n) is 6.18. The van der Waals surface area contributed by atoms with Gasteiger partial charge < -0.3 is 20.9 Å². The fraction of sp³-hybridized carbons (Fsp3) is 0.290. The van der Waals surface area contributed by atoms with Crippen LogP contribution in [0.15, 0.2) is 35.8 Å². The van der Waals surface area contributed by atoms with E-state index in [1.54, 1.807) is 31.0 Å². The van der Waals surface area contributed by atoms with Crippen molar-refractivity contribution >= 4 is 63.2 Å². The minimum Gasteiger partial charge on any atom is -0.397 e. The Hall–Kier alpha value is -4.62. The molecule has 15 heteroatoms. The molecule has 0 saturated carbocycles. The molecule has 3 N–H and O–H groups in total. The first kappa shape index (κ1) is 31.4. The van der Waals surface area contributed by atoms with Crippen molar-refractivity contribution < 1.29 is 18.4 Å². The lowest BCUT2D eigenvalue weighted by Gasteiger charge is -2.44. The van der Waals surface area contributed by atoms with Crippen molar-refractivity contribution in [2.45, 2.75) is 45.7 Å². The van der Waals surface area contributed by atoms with Crippen molar-refractivity contribution in [3.63, 3.8) is 0 Å². The van der Waals surface area contributed by atoms with Gasteiger partial charge in [0.1, 0.15) is 17.6 Å². The summed E-state index contributed by atoms with van der Waals surface area (Å²) in [6.45, 7) is 10.9. The molecule has 2 aliphatic heterocycles. The zero-order valence-corrected chi connectivity index (χ0v) is 26.7. The van der Waals surface area contributed by atoms with Crippen molar-refractivity contribution in [3.8, 4) is 16.9 Å². The molecule has 2 aliphatic rings. The maximum atomic E-state index is 16.8. The second-order valence-corrected chi connectivity index (χ2v) is 12.4. The number of aryl methyl sites for hydroxylation is 1. The SMILES string of the molecule is C=CC(=O)N1CC(C)N2c3nc(=O)n(-c4c(C)ccnc4C(C)C)c4nc(-c5c(N)c(Cl)cc(Cl)c5F)c(F)c(c34)NC(=O)C2C1. The second-order valence-electron chi connectivity index (χ2n) is 11.6. The smallest absolute Gasteiger partial charge is 0.355 e. The number of aromatic nitrogens is 4. The van der Waals surface area contributed by atoms with E-state index in [9.17, 15) is 14.4 Å². The number of anilines is 3. The summed E-state index contributed by atoms with van der Waals surface area (Å²) < 4.78 is 33.7. The number of hydrogen-bond acceptors (Lipinski definition) is 8. The standard InChI is InChI=1S/C31H28Cl2F2N8O3/c1-6-18(44)41-10-14(5)42-17(11-41)30(45)39-26-20-28(38-25(22(26)35)19-21(34)15(32)9-16(33)23(19)36)43(31(46)40-29(20)42)27-13(4)7-8-37-24(27)12(2)3/h6-9,12,14,17H,1,10-11,36H2,2-5H3,(H,39,45). The average molecular weight is 670 g/mol. The van der Waals surface area contributed by atoms with Gasteiger partial charge in [-0.3, -0.25) is 14.6 Å². The number of fused-ring (bicyclic) bond motifs is 2. The quantitative estimate of drug-likeness (QED) is 0.176. The topological polar surface area (TPSA) is 139 Å². The van der Waals surface area contributed by atoms with E-state index in [0.29, 0.717) is 16.9 Å². The van der Waals surface area contributed by atoms with Crippen molar-refractivity contribution in [3.05, 3.63) is 74.4 Å². The minimum absolute atomic E-state index is 0.0166. The molecule has 6 rings (SSSR count). The third kappa shape index (κ3) is 4.68. The maximum absolute atomic E-state index is 16.8. The average Bonchev–Trinajstić information content (AvgIpc) is 3.13. The highest BCUT2D eigenvalue weighted by Gasteiger charge is 2.44. The minimum atomic E-state index is -1.16. The molecule has 0 radical (unpaired) electrons. The lowest BCUT2D eigenvalue weighted by Crippen LogP contribution is -2.62. The Bertz CT molecular complexity index is 2040. The van der Waals surface area contributed by atoms with Gasteiger partial charge >= 0.3 is 5.69 Å². The Morgan fingerprint density at radius 1 is 1.17 bits per heavy atom. The molecule has 11 nitrogen and oxygen atoms in total. The molecule has 238 valence electrons. The van der Waals surface area contributed by atoms with Crippen LogP contribution in [0.2, 0.25) is 10.0 Å². The number of nitrogens with one attached hydrogen (secondary N) is 1. The summed E-state index contributed by atoms with van der Waals surface area (Å²) in [6.07, 6.45) is 2.73. The molecule has 0 spiro atoms. The monoisotopic (exact) mass is 668 g/mol. The zero-order valence-electron chi connectivity index (χ0n) is 25.2. The van der Waals surface area contributed by atoms with Crippen LogP contribution in [0.5, 0.6) is 0 Å². The van der Waals surface area contributed by atoms with Gasteiger partial charge in [-0.15, -0.1) is 0 Å². The summed E-state index contributed by atoms with van der Waals surface area (Å²) in [4.78, 5) is 57.1. The fourth-order valence-corrected chi connectivity index (χ4v) is 6.64. The molecule has 1 saturated heterocycles. The molecule has 2 atom stereocenters. The Balaban J connectivity index is 1.79. The number of carbonyl (C=O) groups is 2. The first-order valence-corrected chi connectivity index (χ1v) is 15.1. The number of carbonyl (C=O) groups excluding carboxylic acids is 2. The van der Waals surface area contributed by atoms with Crippen molar-refractivity contribution in [2.24, 2.45) is 0 Å². The molecule has 1 aromatic carbocycles. The van der Waals surface area contributed by atoms with Gasteiger partial charge in [-0.2, -0.15) is 4.98 Å². The van der Waals surface area contributed by atoms with E-state index in [0.717, 1.165) is 12.1 Å². The first-order chi connectivity index (χ1) is 21.8. The Labute approximate surface area is 271 Å². The lowest BCUT2D eigenvalue weighted by atomic mass is 10.0. The molecule has 0 aliphatic carbocycles. The van der Waals surface area contributed by atoms with Crippen LogP contribution in [-0.4, -0.2) is 61.4 Å².